The van der Waals surface area contributed by atoms with Crippen molar-refractivity contribution in [2.24, 2.45) is 5.92 Å². The van der Waals surface area contributed by atoms with E-state index in [-0.39, 0.29) is 17.8 Å². The molecule has 1 unspecified atom stereocenters. The highest BCUT2D eigenvalue weighted by Crippen LogP contribution is 2.36. The lowest BCUT2D eigenvalue weighted by molar-refractivity contribution is -0.147. The first-order valence-corrected chi connectivity index (χ1v) is 8.71. The van der Waals surface area contributed by atoms with Crippen LogP contribution in [0.4, 0.5) is 0 Å². The normalized spacial score (nSPS) is 31.2. The molecule has 0 radical (unpaired) electrons. The van der Waals surface area contributed by atoms with Gasteiger partial charge in [-0.1, -0.05) is 23.8 Å². The van der Waals surface area contributed by atoms with Gasteiger partial charge in [0.15, 0.2) is 0 Å². The first-order valence-electron chi connectivity index (χ1n) is 8.71. The quantitative estimate of drug-likeness (QED) is 0.451. The number of fused-ring (bicyclic) bond motifs is 1. The van der Waals surface area contributed by atoms with Crippen LogP contribution in [0.25, 0.3) is 0 Å². The van der Waals surface area contributed by atoms with Crippen molar-refractivity contribution in [1.29, 1.82) is 0 Å². The maximum Gasteiger partial charge on any atom is 0.336 e. The number of aliphatic hydroxyl groups excluding tert-OH is 2. The lowest BCUT2D eigenvalue weighted by Gasteiger charge is -2.27. The van der Waals surface area contributed by atoms with Crippen molar-refractivity contribution in [3.05, 3.63) is 47.1 Å². The second-order valence-corrected chi connectivity index (χ2v) is 6.74. The molecule has 0 aromatic heterocycles. The zero-order valence-corrected chi connectivity index (χ0v) is 15.2. The molecule has 2 rings (SSSR count). The summed E-state index contributed by atoms with van der Waals surface area (Å²) < 4.78 is 11.1. The van der Waals surface area contributed by atoms with Gasteiger partial charge in [0.25, 0.3) is 0 Å². The molecule has 2 N–H and O–H groups in total. The molecule has 1 aliphatic carbocycles. The van der Waals surface area contributed by atoms with Gasteiger partial charge in [-0.2, -0.15) is 0 Å². The molecule has 0 aromatic carbocycles. The van der Waals surface area contributed by atoms with E-state index >= 15 is 0 Å². The van der Waals surface area contributed by atoms with Crippen molar-refractivity contribution in [1.82, 2.24) is 0 Å². The third kappa shape index (κ3) is 4.71. The Morgan fingerprint density at radius 3 is 2.77 bits per heavy atom. The van der Waals surface area contributed by atoms with Crippen molar-refractivity contribution >= 4 is 11.9 Å². The SMILES string of the molecule is C=C1C(=O)O[C@@H]2/C=C(\C)CC/C=C(/C)CC(OC(=O)/C(=C/CO)CO)[C@H]12. The van der Waals surface area contributed by atoms with E-state index in [1.54, 1.807) is 0 Å². The second kappa shape index (κ2) is 8.96. The topological polar surface area (TPSA) is 93.1 Å². The summed E-state index contributed by atoms with van der Waals surface area (Å²) in [5, 5.41) is 18.3. The number of rotatable bonds is 4. The lowest BCUT2D eigenvalue weighted by atomic mass is 9.85. The molecule has 142 valence electrons. The van der Waals surface area contributed by atoms with Gasteiger partial charge in [-0.15, -0.1) is 0 Å². The zero-order valence-electron chi connectivity index (χ0n) is 15.2. The van der Waals surface area contributed by atoms with Gasteiger partial charge in [0.05, 0.1) is 24.7 Å². The van der Waals surface area contributed by atoms with E-state index < -0.39 is 36.7 Å². The Bertz CT molecular complexity index is 670. The van der Waals surface area contributed by atoms with E-state index in [0.717, 1.165) is 24.0 Å². The summed E-state index contributed by atoms with van der Waals surface area (Å²) in [4.78, 5) is 24.4. The average molecular weight is 362 g/mol. The minimum absolute atomic E-state index is 0.0228. The number of hydrogen-bond donors (Lipinski definition) is 2. The smallest absolute Gasteiger partial charge is 0.336 e. The Labute approximate surface area is 153 Å². The van der Waals surface area contributed by atoms with Crippen molar-refractivity contribution in [3.63, 3.8) is 0 Å². The standard InChI is InChI=1S/C20H26O6/c1-12-5-4-6-13(2)10-17(26-20(24)15(11-22)7-8-21)18-14(3)19(23)25-16(18)9-12/h6-7,9,16-18,21-22H,3-5,8,10-11H2,1-2H3/b12-9+,13-6-,15-7+/t16-,17?,18-/m1/s1. The lowest BCUT2D eigenvalue weighted by Crippen LogP contribution is -2.34. The number of hydrogen-bond acceptors (Lipinski definition) is 6. The summed E-state index contributed by atoms with van der Waals surface area (Å²) in [6.45, 7) is 6.85. The van der Waals surface area contributed by atoms with Gasteiger partial charge in [-0.25, -0.2) is 9.59 Å². The molecule has 0 amide bonds. The summed E-state index contributed by atoms with van der Waals surface area (Å²) in [5.74, 6) is -1.70. The van der Waals surface area contributed by atoms with E-state index in [4.69, 9.17) is 14.6 Å². The van der Waals surface area contributed by atoms with Crippen LogP contribution < -0.4 is 0 Å². The van der Waals surface area contributed by atoms with Gasteiger partial charge in [0, 0.05) is 12.0 Å². The highest BCUT2D eigenvalue weighted by molar-refractivity contribution is 5.92. The van der Waals surface area contributed by atoms with Gasteiger partial charge >= 0.3 is 11.9 Å². The first kappa shape index (κ1) is 20.1. The Morgan fingerprint density at radius 1 is 1.38 bits per heavy atom. The van der Waals surface area contributed by atoms with Crippen LogP contribution in [0.3, 0.4) is 0 Å². The van der Waals surface area contributed by atoms with Crippen LogP contribution in [0.2, 0.25) is 0 Å². The van der Waals surface area contributed by atoms with E-state index in [2.05, 4.69) is 12.7 Å². The average Bonchev–Trinajstić information content (AvgIpc) is 2.85. The first-order chi connectivity index (χ1) is 12.4. The molecule has 6 nitrogen and oxygen atoms in total. The van der Waals surface area contributed by atoms with Crippen molar-refractivity contribution in [3.8, 4) is 0 Å². The minimum Gasteiger partial charge on any atom is -0.458 e. The number of carbonyl (C=O) groups excluding carboxylic acids is 2. The van der Waals surface area contributed by atoms with Crippen molar-refractivity contribution < 1.29 is 29.3 Å². The molecule has 0 spiro atoms. The predicted molar refractivity (Wildman–Crippen MR) is 96.0 cm³/mol. The van der Waals surface area contributed by atoms with Gasteiger partial charge in [0.1, 0.15) is 12.2 Å². The van der Waals surface area contributed by atoms with Gasteiger partial charge < -0.3 is 19.7 Å². The van der Waals surface area contributed by atoms with E-state index in [1.807, 2.05) is 19.9 Å². The molecule has 1 aliphatic heterocycles. The minimum atomic E-state index is -0.719. The maximum atomic E-state index is 12.4. The number of carbonyl (C=O) groups is 2. The number of ether oxygens (including phenoxy) is 2. The van der Waals surface area contributed by atoms with E-state index in [0.29, 0.717) is 6.42 Å². The zero-order chi connectivity index (χ0) is 19.3. The highest BCUT2D eigenvalue weighted by atomic mass is 16.6. The fourth-order valence-corrected chi connectivity index (χ4v) is 3.27. The van der Waals surface area contributed by atoms with Crippen LogP contribution in [0.5, 0.6) is 0 Å². The molecule has 1 fully saturated rings. The molecule has 26 heavy (non-hydrogen) atoms. The largest absolute Gasteiger partial charge is 0.458 e. The second-order valence-electron chi connectivity index (χ2n) is 6.74. The monoisotopic (exact) mass is 362 g/mol. The Balaban J connectivity index is 2.36. The number of esters is 2. The van der Waals surface area contributed by atoms with Crippen LogP contribution in [0.1, 0.15) is 33.1 Å². The molecule has 1 saturated heterocycles. The number of aliphatic hydroxyl groups is 2. The van der Waals surface area contributed by atoms with Gasteiger partial charge in [0.2, 0.25) is 0 Å². The van der Waals surface area contributed by atoms with E-state index in [1.165, 1.54) is 6.08 Å². The van der Waals surface area contributed by atoms with E-state index in [9.17, 15) is 14.7 Å². The van der Waals surface area contributed by atoms with Gasteiger partial charge in [-0.3, -0.25) is 0 Å². The van der Waals surface area contributed by atoms with Crippen LogP contribution in [0, 0.1) is 5.92 Å². The third-order valence-corrected chi connectivity index (χ3v) is 4.69. The van der Waals surface area contributed by atoms with Crippen LogP contribution in [-0.4, -0.2) is 47.6 Å². The van der Waals surface area contributed by atoms with Crippen molar-refractivity contribution in [2.75, 3.05) is 13.2 Å². The fourth-order valence-electron chi connectivity index (χ4n) is 3.27. The molecule has 0 bridgehead atoms. The summed E-state index contributed by atoms with van der Waals surface area (Å²) in [7, 11) is 0. The molecule has 3 atom stereocenters. The summed E-state index contributed by atoms with van der Waals surface area (Å²) in [6.07, 6.45) is 6.17. The molecular weight excluding hydrogens is 336 g/mol. The Hall–Kier alpha value is -2.18. The molecular formula is C20H26O6. The molecule has 0 aromatic rings. The summed E-state index contributed by atoms with van der Waals surface area (Å²) in [6, 6.07) is 0. The third-order valence-electron chi connectivity index (χ3n) is 4.69. The van der Waals surface area contributed by atoms with Crippen LogP contribution >= 0.6 is 0 Å². The maximum absolute atomic E-state index is 12.4. The fraction of sp³-hybridized carbons (Fsp3) is 0.500. The molecule has 0 saturated carbocycles. The predicted octanol–water partition coefficient (Wildman–Crippen LogP) is 1.98. The Morgan fingerprint density at radius 2 is 2.12 bits per heavy atom. The summed E-state index contributed by atoms with van der Waals surface area (Å²) >= 11 is 0. The Kier molecular flexibility index (Phi) is 6.94. The number of allylic oxidation sites excluding steroid dienone is 2. The van der Waals surface area contributed by atoms with Crippen molar-refractivity contribution in [2.45, 2.75) is 45.3 Å². The summed E-state index contributed by atoms with van der Waals surface area (Å²) in [5.41, 5.74) is 2.39. The highest BCUT2D eigenvalue weighted by Gasteiger charge is 2.44. The molecule has 1 heterocycles. The van der Waals surface area contributed by atoms with Crippen LogP contribution in [-0.2, 0) is 19.1 Å². The molecule has 6 heteroatoms. The van der Waals surface area contributed by atoms with Crippen LogP contribution in [0.15, 0.2) is 47.1 Å². The van der Waals surface area contributed by atoms with Gasteiger partial charge in [-0.05, 0) is 38.8 Å². The molecule has 2 aliphatic rings.